The van der Waals surface area contributed by atoms with Crippen molar-refractivity contribution < 1.29 is 19.4 Å². The van der Waals surface area contributed by atoms with Gasteiger partial charge in [0.05, 0.1) is 23.9 Å². The van der Waals surface area contributed by atoms with Gasteiger partial charge in [-0.25, -0.2) is 14.5 Å². The first-order chi connectivity index (χ1) is 12.5. The van der Waals surface area contributed by atoms with E-state index in [1.807, 2.05) is 18.2 Å². The molecule has 0 spiro atoms. The number of para-hydroxylation sites is 1. The summed E-state index contributed by atoms with van der Waals surface area (Å²) < 4.78 is 6.79. The van der Waals surface area contributed by atoms with Crippen LogP contribution in [-0.2, 0) is 9.53 Å². The van der Waals surface area contributed by atoms with Crippen LogP contribution in [0, 0.1) is 0 Å². The van der Waals surface area contributed by atoms with E-state index in [1.165, 1.54) is 4.90 Å². The van der Waals surface area contributed by atoms with Crippen molar-refractivity contribution in [3.05, 3.63) is 40.9 Å². The Labute approximate surface area is 154 Å². The lowest BCUT2D eigenvalue weighted by Gasteiger charge is -2.29. The van der Waals surface area contributed by atoms with Gasteiger partial charge in [0.15, 0.2) is 6.10 Å². The average Bonchev–Trinajstić information content (AvgIpc) is 3.40. The lowest BCUT2D eigenvalue weighted by molar-refractivity contribution is -0.154. The molecule has 2 aliphatic rings. The molecule has 1 aliphatic heterocycles. The van der Waals surface area contributed by atoms with Gasteiger partial charge in [-0.05, 0) is 25.0 Å². The van der Waals surface area contributed by atoms with Crippen LogP contribution in [-0.4, -0.2) is 62.4 Å². The summed E-state index contributed by atoms with van der Waals surface area (Å²) in [5, 5.41) is 14.0. The molecule has 1 aromatic carbocycles. The van der Waals surface area contributed by atoms with E-state index in [0.717, 1.165) is 12.8 Å². The summed E-state index contributed by atoms with van der Waals surface area (Å²) in [6.45, 7) is 0.457. The van der Waals surface area contributed by atoms with Crippen LogP contribution in [0.2, 0.25) is 5.02 Å². The maximum absolute atomic E-state index is 12.8. The molecule has 2 aromatic rings. The van der Waals surface area contributed by atoms with Crippen LogP contribution in [0.4, 0.5) is 0 Å². The first-order valence-corrected chi connectivity index (χ1v) is 8.78. The van der Waals surface area contributed by atoms with Crippen molar-refractivity contribution in [1.29, 1.82) is 0 Å². The minimum atomic E-state index is -1.09. The molecule has 1 aromatic heterocycles. The number of carbonyl (C=O) groups is 2. The van der Waals surface area contributed by atoms with Crippen molar-refractivity contribution in [2.24, 2.45) is 0 Å². The largest absolute Gasteiger partial charge is 0.479 e. The van der Waals surface area contributed by atoms with Crippen LogP contribution in [0.3, 0.4) is 0 Å². The Morgan fingerprint density at radius 2 is 2.04 bits per heavy atom. The highest BCUT2D eigenvalue weighted by molar-refractivity contribution is 6.32. The Bertz CT molecular complexity index is 864. The Kier molecular flexibility index (Phi) is 4.37. The zero-order valence-corrected chi connectivity index (χ0v) is 14.6. The van der Waals surface area contributed by atoms with Gasteiger partial charge in [-0.2, -0.15) is 0 Å². The zero-order valence-electron chi connectivity index (χ0n) is 13.8. The first-order valence-electron chi connectivity index (χ1n) is 8.40. The normalized spacial score (nSPS) is 20.2. The molecule has 2 heterocycles. The molecule has 2 fully saturated rings. The van der Waals surface area contributed by atoms with Gasteiger partial charge in [-0.3, -0.25) is 4.79 Å². The van der Waals surface area contributed by atoms with E-state index in [1.54, 1.807) is 10.7 Å². The molecule has 1 aliphatic carbocycles. The number of carbonyl (C=O) groups excluding carboxylic acids is 1. The maximum Gasteiger partial charge on any atom is 0.334 e. The number of nitrogens with zero attached hydrogens (tertiary/aromatic N) is 4. The van der Waals surface area contributed by atoms with E-state index in [0.29, 0.717) is 23.1 Å². The van der Waals surface area contributed by atoms with Crippen LogP contribution in [0.5, 0.6) is 0 Å². The number of carboxylic acid groups (broad SMARTS) is 1. The maximum atomic E-state index is 12.8. The molecule has 1 amide bonds. The Morgan fingerprint density at radius 1 is 1.27 bits per heavy atom. The van der Waals surface area contributed by atoms with Crippen molar-refractivity contribution in [3.8, 4) is 5.69 Å². The van der Waals surface area contributed by atoms with Crippen molar-refractivity contribution >= 4 is 23.5 Å². The second-order valence-electron chi connectivity index (χ2n) is 6.38. The van der Waals surface area contributed by atoms with Crippen LogP contribution in [0.25, 0.3) is 5.69 Å². The Morgan fingerprint density at radius 3 is 2.73 bits per heavy atom. The topological polar surface area (TPSA) is 97.6 Å². The molecule has 1 saturated heterocycles. The zero-order chi connectivity index (χ0) is 18.3. The molecule has 1 saturated carbocycles. The summed E-state index contributed by atoms with van der Waals surface area (Å²) in [5.74, 6) is -0.456. The standard InChI is InChI=1S/C17H17ClN4O4/c18-11-3-1-2-4-12(11)22-15(10-5-6-10)19-14(20-22)16(23)21-7-8-26-13(9-21)17(24)25/h1-4,10,13H,5-9H2,(H,24,25). The molecule has 0 bridgehead atoms. The highest BCUT2D eigenvalue weighted by atomic mass is 35.5. The third kappa shape index (κ3) is 3.17. The van der Waals surface area contributed by atoms with Gasteiger partial charge in [0.2, 0.25) is 5.82 Å². The predicted octanol–water partition coefficient (Wildman–Crippen LogP) is 1.72. The van der Waals surface area contributed by atoms with Crippen LogP contribution in [0.1, 0.15) is 35.2 Å². The molecule has 136 valence electrons. The lowest BCUT2D eigenvalue weighted by atomic mass is 10.2. The summed E-state index contributed by atoms with van der Waals surface area (Å²) in [7, 11) is 0. The van der Waals surface area contributed by atoms with Gasteiger partial charge in [0.25, 0.3) is 5.91 Å². The molecule has 1 unspecified atom stereocenters. The van der Waals surface area contributed by atoms with E-state index in [9.17, 15) is 9.59 Å². The van der Waals surface area contributed by atoms with Crippen LogP contribution >= 0.6 is 11.6 Å². The molecular formula is C17H17ClN4O4. The predicted molar refractivity (Wildman–Crippen MR) is 91.6 cm³/mol. The molecule has 8 nitrogen and oxygen atoms in total. The van der Waals surface area contributed by atoms with Gasteiger partial charge in [0, 0.05) is 12.5 Å². The summed E-state index contributed by atoms with van der Waals surface area (Å²) >= 11 is 6.28. The third-order valence-corrected chi connectivity index (χ3v) is 4.80. The fourth-order valence-electron chi connectivity index (χ4n) is 2.95. The molecular weight excluding hydrogens is 360 g/mol. The number of hydrogen-bond donors (Lipinski definition) is 1. The summed E-state index contributed by atoms with van der Waals surface area (Å²) in [5.41, 5.74) is 0.674. The molecule has 1 atom stereocenters. The van der Waals surface area contributed by atoms with Crippen LogP contribution < -0.4 is 0 Å². The summed E-state index contributed by atoms with van der Waals surface area (Å²) in [4.78, 5) is 29.8. The molecule has 9 heteroatoms. The fourth-order valence-corrected chi connectivity index (χ4v) is 3.16. The molecule has 1 N–H and O–H groups in total. The fraction of sp³-hybridized carbons (Fsp3) is 0.412. The summed E-state index contributed by atoms with van der Waals surface area (Å²) in [6.07, 6.45) is 0.964. The second kappa shape index (κ2) is 6.69. The lowest BCUT2D eigenvalue weighted by Crippen LogP contribution is -2.48. The van der Waals surface area contributed by atoms with E-state index in [-0.39, 0.29) is 24.9 Å². The minimum Gasteiger partial charge on any atom is -0.479 e. The minimum absolute atomic E-state index is 0.0203. The Balaban J connectivity index is 1.65. The highest BCUT2D eigenvalue weighted by Gasteiger charge is 2.35. The molecule has 4 rings (SSSR count). The second-order valence-corrected chi connectivity index (χ2v) is 6.79. The number of amides is 1. The third-order valence-electron chi connectivity index (χ3n) is 4.48. The number of aromatic nitrogens is 3. The highest BCUT2D eigenvalue weighted by Crippen LogP contribution is 2.40. The van der Waals surface area contributed by atoms with Crippen molar-refractivity contribution in [2.45, 2.75) is 24.9 Å². The van der Waals surface area contributed by atoms with Gasteiger partial charge in [0.1, 0.15) is 5.82 Å². The van der Waals surface area contributed by atoms with Gasteiger partial charge >= 0.3 is 5.97 Å². The van der Waals surface area contributed by atoms with E-state index in [2.05, 4.69) is 10.1 Å². The number of rotatable bonds is 4. The van der Waals surface area contributed by atoms with Gasteiger partial charge in [-0.1, -0.05) is 23.7 Å². The van der Waals surface area contributed by atoms with Gasteiger partial charge in [-0.15, -0.1) is 5.10 Å². The van der Waals surface area contributed by atoms with Crippen molar-refractivity contribution in [2.75, 3.05) is 19.7 Å². The number of benzene rings is 1. The SMILES string of the molecule is O=C(O)C1CN(C(=O)c2nc(C3CC3)n(-c3ccccc3Cl)n2)CCO1. The van der Waals surface area contributed by atoms with Gasteiger partial charge < -0.3 is 14.7 Å². The monoisotopic (exact) mass is 376 g/mol. The number of halogens is 1. The first kappa shape index (κ1) is 17.0. The molecule has 26 heavy (non-hydrogen) atoms. The number of hydrogen-bond acceptors (Lipinski definition) is 5. The van der Waals surface area contributed by atoms with E-state index >= 15 is 0 Å². The molecule has 0 radical (unpaired) electrons. The summed E-state index contributed by atoms with van der Waals surface area (Å²) in [6, 6.07) is 7.26. The average molecular weight is 377 g/mol. The van der Waals surface area contributed by atoms with Crippen molar-refractivity contribution in [1.82, 2.24) is 19.7 Å². The number of carboxylic acids is 1. The quantitative estimate of drug-likeness (QED) is 0.872. The number of aliphatic carboxylic acids is 1. The van der Waals surface area contributed by atoms with Crippen molar-refractivity contribution in [3.63, 3.8) is 0 Å². The Hall–Kier alpha value is -2.45. The van der Waals surface area contributed by atoms with Crippen LogP contribution in [0.15, 0.2) is 24.3 Å². The number of morpholine rings is 1. The number of ether oxygens (including phenoxy) is 1. The smallest absolute Gasteiger partial charge is 0.334 e. The van der Waals surface area contributed by atoms with E-state index < -0.39 is 18.0 Å². The van der Waals surface area contributed by atoms with E-state index in [4.69, 9.17) is 21.4 Å².